The first-order valence-electron chi connectivity index (χ1n) is 9.14. The predicted octanol–water partition coefficient (Wildman–Crippen LogP) is 4.00. The molecule has 1 unspecified atom stereocenters. The van der Waals surface area contributed by atoms with E-state index in [0.717, 1.165) is 25.0 Å². The number of aromatic nitrogens is 3. The average Bonchev–Trinajstić information content (AvgIpc) is 3.34. The van der Waals surface area contributed by atoms with E-state index in [-0.39, 0.29) is 17.3 Å². The number of aryl methyl sites for hydroxylation is 1. The Labute approximate surface area is 165 Å². The Morgan fingerprint density at radius 2 is 2.14 bits per heavy atom. The van der Waals surface area contributed by atoms with Gasteiger partial charge in [0, 0.05) is 23.2 Å². The van der Waals surface area contributed by atoms with Crippen LogP contribution in [0.2, 0.25) is 0 Å². The Balaban J connectivity index is 1.46. The molecular formula is C19H19N5O3S. The predicted molar refractivity (Wildman–Crippen MR) is 106 cm³/mol. The van der Waals surface area contributed by atoms with Crippen molar-refractivity contribution in [2.24, 2.45) is 5.92 Å². The van der Waals surface area contributed by atoms with Crippen LogP contribution in [0.1, 0.15) is 40.8 Å². The molecule has 8 nitrogen and oxygen atoms in total. The minimum atomic E-state index is -0.456. The number of nitrogens with zero attached hydrogens (tertiary/aromatic N) is 4. The molecule has 0 saturated heterocycles. The second kappa shape index (κ2) is 7.51. The maximum atomic E-state index is 12.5. The van der Waals surface area contributed by atoms with Crippen molar-refractivity contribution in [2.45, 2.75) is 32.6 Å². The molecule has 9 heteroatoms. The van der Waals surface area contributed by atoms with Gasteiger partial charge in [-0.05, 0) is 43.4 Å². The van der Waals surface area contributed by atoms with Gasteiger partial charge in [-0.3, -0.25) is 20.2 Å². The standard InChI is InChI=1S/C19H19N5O3S/c1-2-12-3-8-15-17(11-12)28-19(20-15)21-18(25)16-9-10-23(22-16)13-4-6-14(7-5-13)24(26)27/h4-7,9-10,12H,2-3,8,11H2,1H3,(H,20,21,25). The molecule has 2 heterocycles. The molecule has 1 amide bonds. The van der Waals surface area contributed by atoms with Gasteiger partial charge in [0.05, 0.1) is 16.3 Å². The van der Waals surface area contributed by atoms with Crippen LogP contribution >= 0.6 is 11.3 Å². The third-order valence-corrected chi connectivity index (χ3v) is 6.02. The van der Waals surface area contributed by atoms with Gasteiger partial charge in [-0.1, -0.05) is 13.3 Å². The Bertz CT molecular complexity index is 1020. The number of nitro benzene ring substituents is 1. The van der Waals surface area contributed by atoms with Crippen molar-refractivity contribution in [2.75, 3.05) is 5.32 Å². The molecule has 1 aliphatic carbocycles. The molecule has 144 valence electrons. The molecule has 3 aromatic rings. The minimum Gasteiger partial charge on any atom is -0.296 e. The topological polar surface area (TPSA) is 103 Å². The number of hydrogen-bond acceptors (Lipinski definition) is 6. The van der Waals surface area contributed by atoms with Crippen LogP contribution in [0.4, 0.5) is 10.8 Å². The Morgan fingerprint density at radius 3 is 2.86 bits per heavy atom. The summed E-state index contributed by atoms with van der Waals surface area (Å²) < 4.78 is 1.51. The quantitative estimate of drug-likeness (QED) is 0.518. The highest BCUT2D eigenvalue weighted by molar-refractivity contribution is 7.15. The SMILES string of the molecule is CCC1CCc2nc(NC(=O)c3ccn(-c4ccc([N+](=O)[O-])cc4)n3)sc2C1. The van der Waals surface area contributed by atoms with Crippen LogP contribution in [-0.2, 0) is 12.8 Å². The van der Waals surface area contributed by atoms with E-state index in [9.17, 15) is 14.9 Å². The number of anilines is 1. The zero-order valence-electron chi connectivity index (χ0n) is 15.3. The second-order valence-electron chi connectivity index (χ2n) is 6.78. The monoisotopic (exact) mass is 397 g/mol. The molecular weight excluding hydrogens is 378 g/mol. The summed E-state index contributed by atoms with van der Waals surface area (Å²) in [4.78, 5) is 28.7. The third-order valence-electron chi connectivity index (χ3n) is 4.99. The Morgan fingerprint density at radius 1 is 1.36 bits per heavy atom. The van der Waals surface area contributed by atoms with Crippen LogP contribution in [0, 0.1) is 16.0 Å². The van der Waals surface area contributed by atoms with Crippen LogP contribution in [-0.4, -0.2) is 25.6 Å². The molecule has 28 heavy (non-hydrogen) atoms. The first-order chi connectivity index (χ1) is 13.5. The summed E-state index contributed by atoms with van der Waals surface area (Å²) in [6.45, 7) is 2.21. The van der Waals surface area contributed by atoms with Crippen molar-refractivity contribution in [3.63, 3.8) is 0 Å². The van der Waals surface area contributed by atoms with Crippen LogP contribution < -0.4 is 5.32 Å². The summed E-state index contributed by atoms with van der Waals surface area (Å²) in [6, 6.07) is 7.59. The van der Waals surface area contributed by atoms with Crippen LogP contribution in [0.25, 0.3) is 5.69 Å². The summed E-state index contributed by atoms with van der Waals surface area (Å²) in [5.41, 5.74) is 2.01. The van der Waals surface area contributed by atoms with Gasteiger partial charge in [0.25, 0.3) is 11.6 Å². The van der Waals surface area contributed by atoms with Crippen molar-refractivity contribution in [3.05, 3.63) is 62.9 Å². The van der Waals surface area contributed by atoms with Crippen LogP contribution in [0.15, 0.2) is 36.5 Å². The minimum absolute atomic E-state index is 0.00641. The van der Waals surface area contributed by atoms with Crippen molar-refractivity contribution in [1.82, 2.24) is 14.8 Å². The number of carbonyl (C=O) groups is 1. The summed E-state index contributed by atoms with van der Waals surface area (Å²) >= 11 is 1.54. The molecule has 0 radical (unpaired) electrons. The van der Waals surface area contributed by atoms with Gasteiger partial charge in [0.1, 0.15) is 0 Å². The van der Waals surface area contributed by atoms with Crippen molar-refractivity contribution >= 4 is 28.1 Å². The number of benzene rings is 1. The van der Waals surface area contributed by atoms with Gasteiger partial charge in [-0.15, -0.1) is 11.3 Å². The number of nitrogens with one attached hydrogen (secondary N) is 1. The fraction of sp³-hybridized carbons (Fsp3) is 0.316. The van der Waals surface area contributed by atoms with E-state index in [1.807, 2.05) is 0 Å². The largest absolute Gasteiger partial charge is 0.296 e. The molecule has 1 atom stereocenters. The summed E-state index contributed by atoms with van der Waals surface area (Å²) in [6.07, 6.45) is 5.97. The molecule has 0 aliphatic heterocycles. The lowest BCUT2D eigenvalue weighted by molar-refractivity contribution is -0.384. The summed E-state index contributed by atoms with van der Waals surface area (Å²) in [5, 5.41) is 18.5. The number of rotatable bonds is 5. The Hall–Kier alpha value is -3.07. The van der Waals surface area contributed by atoms with E-state index in [0.29, 0.717) is 16.7 Å². The maximum absolute atomic E-state index is 12.5. The van der Waals surface area contributed by atoms with Crippen molar-refractivity contribution < 1.29 is 9.72 Å². The molecule has 4 rings (SSSR count). The summed E-state index contributed by atoms with van der Waals surface area (Å²) in [7, 11) is 0. The van der Waals surface area contributed by atoms with Gasteiger partial charge in [-0.2, -0.15) is 5.10 Å². The molecule has 0 fully saturated rings. The van der Waals surface area contributed by atoms with E-state index < -0.39 is 4.92 Å². The van der Waals surface area contributed by atoms with Gasteiger partial charge < -0.3 is 0 Å². The van der Waals surface area contributed by atoms with Gasteiger partial charge in [0.15, 0.2) is 10.8 Å². The highest BCUT2D eigenvalue weighted by Gasteiger charge is 2.22. The van der Waals surface area contributed by atoms with E-state index in [1.165, 1.54) is 28.1 Å². The number of amides is 1. The molecule has 1 aromatic carbocycles. The number of non-ortho nitro benzene ring substituents is 1. The molecule has 0 spiro atoms. The maximum Gasteiger partial charge on any atom is 0.277 e. The zero-order valence-corrected chi connectivity index (χ0v) is 16.1. The van der Waals surface area contributed by atoms with E-state index in [1.54, 1.807) is 35.7 Å². The first-order valence-corrected chi connectivity index (χ1v) is 9.95. The van der Waals surface area contributed by atoms with Gasteiger partial charge in [0.2, 0.25) is 0 Å². The number of thiazole rings is 1. The number of fused-ring (bicyclic) bond motifs is 1. The highest BCUT2D eigenvalue weighted by Crippen LogP contribution is 2.33. The number of nitro groups is 1. The van der Waals surface area contributed by atoms with E-state index in [2.05, 4.69) is 22.3 Å². The van der Waals surface area contributed by atoms with Gasteiger partial charge in [-0.25, -0.2) is 9.67 Å². The third kappa shape index (κ3) is 3.65. The molecule has 0 bridgehead atoms. The van der Waals surface area contributed by atoms with Crippen molar-refractivity contribution in [1.29, 1.82) is 0 Å². The smallest absolute Gasteiger partial charge is 0.277 e. The second-order valence-corrected chi connectivity index (χ2v) is 7.86. The normalized spacial score (nSPS) is 15.8. The number of carbonyl (C=O) groups excluding carboxylic acids is 1. The molecule has 1 aliphatic rings. The lowest BCUT2D eigenvalue weighted by Gasteiger charge is -2.18. The Kier molecular flexibility index (Phi) is 4.91. The fourth-order valence-electron chi connectivity index (χ4n) is 3.32. The van der Waals surface area contributed by atoms with E-state index >= 15 is 0 Å². The molecule has 1 N–H and O–H groups in total. The average molecular weight is 397 g/mol. The molecule has 2 aromatic heterocycles. The van der Waals surface area contributed by atoms with Crippen LogP contribution in [0.5, 0.6) is 0 Å². The summed E-state index contributed by atoms with van der Waals surface area (Å²) in [5.74, 6) is 0.382. The van der Waals surface area contributed by atoms with Crippen LogP contribution in [0.3, 0.4) is 0 Å². The fourth-order valence-corrected chi connectivity index (χ4v) is 4.44. The lowest BCUT2D eigenvalue weighted by Crippen LogP contribution is -2.13. The molecule has 0 saturated carbocycles. The van der Waals surface area contributed by atoms with E-state index in [4.69, 9.17) is 0 Å². The first kappa shape index (κ1) is 18.3. The highest BCUT2D eigenvalue weighted by atomic mass is 32.1. The lowest BCUT2D eigenvalue weighted by atomic mass is 9.89. The number of hydrogen-bond donors (Lipinski definition) is 1. The zero-order chi connectivity index (χ0) is 19.7. The van der Waals surface area contributed by atoms with Crippen molar-refractivity contribution in [3.8, 4) is 5.69 Å². The van der Waals surface area contributed by atoms with Gasteiger partial charge >= 0.3 is 0 Å².